The van der Waals surface area contributed by atoms with Gasteiger partial charge in [0.2, 0.25) is 18.5 Å². The average Bonchev–Trinajstić information content (AvgIpc) is 3.61. The summed E-state index contributed by atoms with van der Waals surface area (Å²) in [7, 11) is 0. The number of benzene rings is 2. The third kappa shape index (κ3) is 3.19. The van der Waals surface area contributed by atoms with Gasteiger partial charge in [-0.25, -0.2) is 4.90 Å². The number of rotatable bonds is 5. The summed E-state index contributed by atoms with van der Waals surface area (Å²) < 4.78 is 16.1. The number of fused-ring (bicyclic) bond motifs is 2. The Morgan fingerprint density at radius 1 is 1.03 bits per heavy atom. The van der Waals surface area contributed by atoms with Gasteiger partial charge in [-0.1, -0.05) is 36.4 Å². The highest BCUT2D eigenvalue weighted by atomic mass is 16.7. The Morgan fingerprint density at radius 2 is 1.82 bits per heavy atom. The van der Waals surface area contributed by atoms with Crippen molar-refractivity contribution in [3.05, 3.63) is 53.9 Å². The molecule has 3 aromatic rings. The van der Waals surface area contributed by atoms with Gasteiger partial charge < -0.3 is 14.0 Å². The van der Waals surface area contributed by atoms with Gasteiger partial charge in [-0.3, -0.25) is 14.6 Å². The third-order valence-corrected chi connectivity index (χ3v) is 6.07. The summed E-state index contributed by atoms with van der Waals surface area (Å²) in [5.74, 6) is 1.44. The molecule has 1 saturated heterocycles. The molecular formula is C23H20N6O5. The maximum Gasteiger partial charge on any atom is 0.263 e. The molecule has 0 spiro atoms. The normalized spacial score (nSPS) is 20.7. The molecule has 172 valence electrons. The molecule has 1 fully saturated rings. The predicted molar refractivity (Wildman–Crippen MR) is 117 cm³/mol. The van der Waals surface area contributed by atoms with Crippen molar-refractivity contribution in [2.75, 3.05) is 11.7 Å². The number of hydrogen-bond donors (Lipinski definition) is 0. The van der Waals surface area contributed by atoms with E-state index in [2.05, 4.69) is 34.3 Å². The molecule has 0 bridgehead atoms. The van der Waals surface area contributed by atoms with Crippen LogP contribution < -0.4 is 14.4 Å². The molecule has 11 nitrogen and oxygen atoms in total. The summed E-state index contributed by atoms with van der Waals surface area (Å²) in [5.41, 5.74) is 2.34. The van der Waals surface area contributed by atoms with Crippen molar-refractivity contribution in [3.63, 3.8) is 0 Å². The summed E-state index contributed by atoms with van der Waals surface area (Å²) in [6.07, 6.45) is 0. The molecule has 0 unspecified atom stereocenters. The molecule has 0 saturated carbocycles. The minimum absolute atomic E-state index is 0.0430. The summed E-state index contributed by atoms with van der Waals surface area (Å²) in [4.78, 5) is 31.7. The monoisotopic (exact) mass is 460 g/mol. The first-order valence-corrected chi connectivity index (χ1v) is 10.9. The van der Waals surface area contributed by atoms with Crippen molar-refractivity contribution in [2.45, 2.75) is 38.4 Å². The van der Waals surface area contributed by atoms with Crippen LogP contribution in [0.2, 0.25) is 0 Å². The lowest BCUT2D eigenvalue weighted by atomic mass is 10.0. The Balaban J connectivity index is 1.20. The molecule has 6 rings (SSSR count). The number of anilines is 1. The lowest BCUT2D eigenvalue weighted by Crippen LogP contribution is -2.39. The molecule has 3 aliphatic heterocycles. The van der Waals surface area contributed by atoms with Crippen molar-refractivity contribution in [1.82, 2.24) is 15.1 Å². The number of amides is 2. The fraction of sp³-hybridized carbons (Fsp3) is 0.304. The Kier molecular flexibility index (Phi) is 4.57. The third-order valence-electron chi connectivity index (χ3n) is 6.07. The molecule has 11 heteroatoms. The summed E-state index contributed by atoms with van der Waals surface area (Å²) in [6.45, 7) is 4.38. The topological polar surface area (TPSA) is 123 Å². The Labute approximate surface area is 193 Å². The zero-order valence-electron chi connectivity index (χ0n) is 18.4. The van der Waals surface area contributed by atoms with Gasteiger partial charge in [0.1, 0.15) is 6.54 Å². The molecule has 0 radical (unpaired) electrons. The fourth-order valence-electron chi connectivity index (χ4n) is 4.23. The van der Waals surface area contributed by atoms with Crippen LogP contribution in [0.4, 0.5) is 5.69 Å². The average molecular weight is 460 g/mol. The largest absolute Gasteiger partial charge is 0.454 e. The first-order chi connectivity index (χ1) is 16.5. The van der Waals surface area contributed by atoms with Crippen molar-refractivity contribution in [2.24, 2.45) is 10.3 Å². The standard InChI is InChI=1S/C23H20N6O5/c1-12(2)13-3-6-15(7-4-13)29-22(30)19-20(23(29)31)28(27-25-19)10-18-24-21(26-34-18)14-5-8-16-17(9-14)33-11-32-16/h3-9,12,19-20H,10-11H2,1-2H3/t19-,20-/m0/s1. The van der Waals surface area contributed by atoms with E-state index in [0.29, 0.717) is 34.5 Å². The van der Waals surface area contributed by atoms with Gasteiger partial charge in [0, 0.05) is 5.56 Å². The molecule has 2 atom stereocenters. The van der Waals surface area contributed by atoms with Gasteiger partial charge in [-0.2, -0.15) is 10.1 Å². The first kappa shape index (κ1) is 20.3. The van der Waals surface area contributed by atoms with Crippen LogP contribution in [-0.4, -0.2) is 45.8 Å². The van der Waals surface area contributed by atoms with Crippen LogP contribution in [0.25, 0.3) is 11.4 Å². The second kappa shape index (κ2) is 7.65. The Hall–Kier alpha value is -4.28. The van der Waals surface area contributed by atoms with Gasteiger partial charge in [0.15, 0.2) is 23.6 Å². The fourth-order valence-corrected chi connectivity index (χ4v) is 4.23. The predicted octanol–water partition coefficient (Wildman–Crippen LogP) is 3.08. The van der Waals surface area contributed by atoms with E-state index in [1.807, 2.05) is 12.1 Å². The number of carbonyl (C=O) groups is 2. The Bertz CT molecular complexity index is 1320. The van der Waals surface area contributed by atoms with Crippen LogP contribution in [0.3, 0.4) is 0 Å². The van der Waals surface area contributed by atoms with Crippen molar-refractivity contribution < 1.29 is 23.6 Å². The van der Waals surface area contributed by atoms with Crippen molar-refractivity contribution >= 4 is 17.5 Å². The second-order valence-corrected chi connectivity index (χ2v) is 8.53. The SMILES string of the molecule is CC(C)c1ccc(N2C(=O)[C@H]3N=NN(Cc4nc(-c5ccc6c(c5)OCO6)no4)[C@@H]3C2=O)cc1. The molecule has 1 aromatic heterocycles. The lowest BCUT2D eigenvalue weighted by Gasteiger charge is -2.19. The number of nitrogens with zero attached hydrogens (tertiary/aromatic N) is 6. The molecule has 3 aliphatic rings. The smallest absolute Gasteiger partial charge is 0.263 e. The van der Waals surface area contributed by atoms with Gasteiger partial charge in [0.05, 0.1) is 5.69 Å². The van der Waals surface area contributed by atoms with E-state index in [1.165, 1.54) is 9.91 Å². The van der Waals surface area contributed by atoms with E-state index in [1.54, 1.807) is 30.3 Å². The van der Waals surface area contributed by atoms with Crippen LogP contribution in [0, 0.1) is 0 Å². The van der Waals surface area contributed by atoms with Crippen LogP contribution in [0.15, 0.2) is 57.3 Å². The quantitative estimate of drug-likeness (QED) is 0.532. The van der Waals surface area contributed by atoms with E-state index in [9.17, 15) is 9.59 Å². The minimum Gasteiger partial charge on any atom is -0.454 e. The van der Waals surface area contributed by atoms with E-state index >= 15 is 0 Å². The molecule has 34 heavy (non-hydrogen) atoms. The first-order valence-electron chi connectivity index (χ1n) is 10.9. The second-order valence-electron chi connectivity index (χ2n) is 8.53. The molecule has 2 aromatic carbocycles. The maximum absolute atomic E-state index is 13.2. The van der Waals surface area contributed by atoms with Gasteiger partial charge in [0.25, 0.3) is 11.8 Å². The maximum atomic E-state index is 13.2. The highest BCUT2D eigenvalue weighted by Crippen LogP contribution is 2.36. The Morgan fingerprint density at radius 3 is 2.62 bits per heavy atom. The summed E-state index contributed by atoms with van der Waals surface area (Å²) in [6, 6.07) is 11.0. The molecule has 0 N–H and O–H groups in total. The molecule has 2 amide bonds. The molecule has 4 heterocycles. The number of imide groups is 1. The van der Waals surface area contributed by atoms with Crippen LogP contribution in [-0.2, 0) is 16.1 Å². The number of ether oxygens (including phenoxy) is 2. The highest BCUT2D eigenvalue weighted by Gasteiger charge is 2.55. The van der Waals surface area contributed by atoms with E-state index < -0.39 is 18.0 Å². The number of hydrogen-bond acceptors (Lipinski definition) is 10. The zero-order chi connectivity index (χ0) is 23.4. The van der Waals surface area contributed by atoms with E-state index in [4.69, 9.17) is 14.0 Å². The van der Waals surface area contributed by atoms with Gasteiger partial charge >= 0.3 is 0 Å². The minimum atomic E-state index is -0.895. The number of aromatic nitrogens is 2. The number of carbonyl (C=O) groups excluding carboxylic acids is 2. The molecular weight excluding hydrogens is 440 g/mol. The zero-order valence-corrected chi connectivity index (χ0v) is 18.4. The van der Waals surface area contributed by atoms with Crippen LogP contribution >= 0.6 is 0 Å². The molecule has 0 aliphatic carbocycles. The summed E-state index contributed by atoms with van der Waals surface area (Å²) in [5, 5.41) is 13.5. The van der Waals surface area contributed by atoms with E-state index in [-0.39, 0.29) is 25.1 Å². The summed E-state index contributed by atoms with van der Waals surface area (Å²) >= 11 is 0. The van der Waals surface area contributed by atoms with Gasteiger partial charge in [-0.15, -0.1) is 0 Å². The highest BCUT2D eigenvalue weighted by molar-refractivity contribution is 6.25. The lowest BCUT2D eigenvalue weighted by molar-refractivity contribution is -0.123. The van der Waals surface area contributed by atoms with Crippen LogP contribution in [0.1, 0.15) is 31.2 Å². The van der Waals surface area contributed by atoms with E-state index in [0.717, 1.165) is 5.56 Å². The van der Waals surface area contributed by atoms with Gasteiger partial charge in [-0.05, 0) is 41.8 Å². The van der Waals surface area contributed by atoms with Crippen molar-refractivity contribution in [1.29, 1.82) is 0 Å². The van der Waals surface area contributed by atoms with Crippen LogP contribution in [0.5, 0.6) is 11.5 Å². The van der Waals surface area contributed by atoms with Crippen molar-refractivity contribution in [3.8, 4) is 22.9 Å².